The second-order valence-electron chi connectivity index (χ2n) is 3.40. The number of hydrogen-bond donors (Lipinski definition) is 0. The fraction of sp³-hybridized carbons (Fsp3) is 0.273. The maximum atomic E-state index is 12.8. The van der Waals surface area contributed by atoms with Crippen LogP contribution >= 0.6 is 23.1 Å². The molecule has 0 radical (unpaired) electrons. The molecule has 5 heteroatoms. The molecular formula is C11H11FN2S2. The van der Waals surface area contributed by atoms with Crippen LogP contribution in [0.2, 0.25) is 0 Å². The van der Waals surface area contributed by atoms with Crippen LogP contribution in [0.3, 0.4) is 0 Å². The number of hydrogen-bond acceptors (Lipinski definition) is 4. The number of thioether (sulfide) groups is 1. The molecule has 0 aliphatic rings. The summed E-state index contributed by atoms with van der Waals surface area (Å²) >= 11 is 3.23. The van der Waals surface area contributed by atoms with Crippen molar-refractivity contribution in [3.05, 3.63) is 40.7 Å². The molecule has 0 bridgehead atoms. The Bertz CT molecular complexity index is 467. The predicted molar refractivity (Wildman–Crippen MR) is 65.3 cm³/mol. The molecule has 1 unspecified atom stereocenters. The van der Waals surface area contributed by atoms with E-state index in [0.29, 0.717) is 0 Å². The van der Waals surface area contributed by atoms with Crippen molar-refractivity contribution in [3.8, 4) is 0 Å². The van der Waals surface area contributed by atoms with Gasteiger partial charge in [0.05, 0.1) is 0 Å². The molecule has 2 rings (SSSR count). The molecule has 0 amide bonds. The molecule has 0 aliphatic heterocycles. The van der Waals surface area contributed by atoms with Crippen LogP contribution < -0.4 is 0 Å². The maximum Gasteiger partial charge on any atom is 0.174 e. The summed E-state index contributed by atoms with van der Waals surface area (Å²) in [6, 6.07) is 6.58. The highest BCUT2D eigenvalue weighted by Gasteiger charge is 2.10. The van der Waals surface area contributed by atoms with Crippen molar-refractivity contribution in [1.29, 1.82) is 0 Å². The largest absolute Gasteiger partial charge is 0.207 e. The highest BCUT2D eigenvalue weighted by atomic mass is 32.2. The van der Waals surface area contributed by atoms with E-state index in [1.807, 2.05) is 6.92 Å². The lowest BCUT2D eigenvalue weighted by Gasteiger charge is -2.08. The summed E-state index contributed by atoms with van der Waals surface area (Å²) in [7, 11) is 0. The molecule has 2 aromatic rings. The first-order valence-corrected chi connectivity index (χ1v) is 6.57. The van der Waals surface area contributed by atoms with Crippen LogP contribution in [0.25, 0.3) is 0 Å². The van der Waals surface area contributed by atoms with E-state index < -0.39 is 0 Å². The third kappa shape index (κ3) is 2.80. The van der Waals surface area contributed by atoms with Crippen molar-refractivity contribution in [2.24, 2.45) is 0 Å². The third-order valence-corrected chi connectivity index (χ3v) is 4.21. The van der Waals surface area contributed by atoms with Crippen molar-refractivity contribution in [2.45, 2.75) is 23.4 Å². The van der Waals surface area contributed by atoms with Gasteiger partial charge < -0.3 is 0 Å². The first-order valence-electron chi connectivity index (χ1n) is 4.87. The smallest absolute Gasteiger partial charge is 0.174 e. The summed E-state index contributed by atoms with van der Waals surface area (Å²) < 4.78 is 13.7. The lowest BCUT2D eigenvalue weighted by atomic mass is 10.2. The summed E-state index contributed by atoms with van der Waals surface area (Å²) in [5.74, 6) is -0.201. The van der Waals surface area contributed by atoms with Crippen molar-refractivity contribution < 1.29 is 4.39 Å². The van der Waals surface area contributed by atoms with Crippen LogP contribution in [-0.4, -0.2) is 10.2 Å². The minimum Gasteiger partial charge on any atom is -0.207 e. The van der Waals surface area contributed by atoms with E-state index >= 15 is 0 Å². The highest BCUT2D eigenvalue weighted by molar-refractivity contribution is 8.01. The Morgan fingerprint density at radius 1 is 1.25 bits per heavy atom. The molecule has 0 N–H and O–H groups in total. The first-order chi connectivity index (χ1) is 7.65. The van der Waals surface area contributed by atoms with E-state index in [4.69, 9.17) is 0 Å². The topological polar surface area (TPSA) is 25.8 Å². The Hall–Kier alpha value is -0.940. The average Bonchev–Trinajstić information content (AvgIpc) is 2.65. The van der Waals surface area contributed by atoms with Gasteiger partial charge in [0.15, 0.2) is 4.34 Å². The van der Waals surface area contributed by atoms with Gasteiger partial charge in [0.25, 0.3) is 0 Å². The van der Waals surface area contributed by atoms with Crippen molar-refractivity contribution in [1.82, 2.24) is 10.2 Å². The van der Waals surface area contributed by atoms with E-state index in [1.165, 1.54) is 12.1 Å². The van der Waals surface area contributed by atoms with Crippen molar-refractivity contribution in [3.63, 3.8) is 0 Å². The molecule has 1 aromatic carbocycles. The molecule has 0 saturated heterocycles. The van der Waals surface area contributed by atoms with Crippen LogP contribution in [0.5, 0.6) is 0 Å². The minimum absolute atomic E-state index is 0.201. The standard InChI is InChI=1S/C11H11FN2S2/c1-7(9-3-5-10(12)6-4-9)15-11-14-13-8(2)16-11/h3-7H,1-2H3. The minimum atomic E-state index is -0.201. The number of rotatable bonds is 3. The predicted octanol–water partition coefficient (Wildman–Crippen LogP) is 3.84. The second-order valence-corrected chi connectivity index (χ2v) is 6.17. The van der Waals surface area contributed by atoms with Gasteiger partial charge in [-0.25, -0.2) is 4.39 Å². The molecule has 0 aliphatic carbocycles. The summed E-state index contributed by atoms with van der Waals surface area (Å²) in [5, 5.41) is 9.25. The van der Waals surface area contributed by atoms with Crippen molar-refractivity contribution >= 4 is 23.1 Å². The van der Waals surface area contributed by atoms with Gasteiger partial charge in [-0.2, -0.15) is 0 Å². The van der Waals surface area contributed by atoms with E-state index in [2.05, 4.69) is 17.1 Å². The van der Waals surface area contributed by atoms with E-state index in [1.54, 1.807) is 35.2 Å². The Kier molecular flexibility index (Phi) is 3.56. The number of aromatic nitrogens is 2. The monoisotopic (exact) mass is 254 g/mol. The van der Waals surface area contributed by atoms with Gasteiger partial charge in [-0.3, -0.25) is 0 Å². The lowest BCUT2D eigenvalue weighted by molar-refractivity contribution is 0.627. The number of benzene rings is 1. The molecule has 0 spiro atoms. The number of nitrogens with zero attached hydrogens (tertiary/aromatic N) is 2. The average molecular weight is 254 g/mol. The normalized spacial score (nSPS) is 12.7. The Labute approximate surface area is 102 Å². The van der Waals surface area contributed by atoms with Crippen molar-refractivity contribution in [2.75, 3.05) is 0 Å². The third-order valence-electron chi connectivity index (χ3n) is 2.12. The quantitative estimate of drug-likeness (QED) is 0.778. The van der Waals surface area contributed by atoms with E-state index in [-0.39, 0.29) is 11.1 Å². The zero-order valence-electron chi connectivity index (χ0n) is 8.98. The van der Waals surface area contributed by atoms with Crippen LogP contribution in [0.15, 0.2) is 28.6 Å². The van der Waals surface area contributed by atoms with Crippen LogP contribution in [0.4, 0.5) is 4.39 Å². The zero-order valence-corrected chi connectivity index (χ0v) is 10.6. The number of halogens is 1. The van der Waals surface area contributed by atoms with Gasteiger partial charge >= 0.3 is 0 Å². The molecule has 1 aromatic heterocycles. The molecule has 1 atom stereocenters. The lowest BCUT2D eigenvalue weighted by Crippen LogP contribution is -1.88. The van der Waals surface area contributed by atoms with Gasteiger partial charge in [0.2, 0.25) is 0 Å². The Morgan fingerprint density at radius 2 is 1.94 bits per heavy atom. The van der Waals surface area contributed by atoms with Gasteiger partial charge in [-0.05, 0) is 31.5 Å². The summed E-state index contributed by atoms with van der Waals surface area (Å²) in [5.41, 5.74) is 1.10. The highest BCUT2D eigenvalue weighted by Crippen LogP contribution is 2.35. The zero-order chi connectivity index (χ0) is 11.5. The molecule has 0 saturated carbocycles. The molecule has 0 fully saturated rings. The summed E-state index contributed by atoms with van der Waals surface area (Å²) in [4.78, 5) is 0. The van der Waals surface area contributed by atoms with Gasteiger partial charge in [0.1, 0.15) is 10.8 Å². The Balaban J connectivity index is 2.08. The summed E-state index contributed by atoms with van der Waals surface area (Å²) in [6.45, 7) is 4.01. The van der Waals surface area contributed by atoms with Gasteiger partial charge in [-0.1, -0.05) is 35.2 Å². The van der Waals surface area contributed by atoms with Crippen LogP contribution in [0, 0.1) is 12.7 Å². The Morgan fingerprint density at radius 3 is 2.50 bits per heavy atom. The van der Waals surface area contributed by atoms with Gasteiger partial charge in [0, 0.05) is 5.25 Å². The molecule has 16 heavy (non-hydrogen) atoms. The van der Waals surface area contributed by atoms with Crippen LogP contribution in [-0.2, 0) is 0 Å². The SMILES string of the molecule is Cc1nnc(SC(C)c2ccc(F)cc2)s1. The maximum absolute atomic E-state index is 12.8. The van der Waals surface area contributed by atoms with Gasteiger partial charge in [-0.15, -0.1) is 10.2 Å². The second kappa shape index (κ2) is 4.93. The molecule has 1 heterocycles. The first kappa shape index (κ1) is 11.5. The molecule has 2 nitrogen and oxygen atoms in total. The van der Waals surface area contributed by atoms with E-state index in [0.717, 1.165) is 14.9 Å². The number of aryl methyl sites for hydroxylation is 1. The molecular weight excluding hydrogens is 243 g/mol. The van der Waals surface area contributed by atoms with Crippen LogP contribution in [0.1, 0.15) is 22.7 Å². The van der Waals surface area contributed by atoms with E-state index in [9.17, 15) is 4.39 Å². The fourth-order valence-corrected chi connectivity index (χ4v) is 3.37. The summed E-state index contributed by atoms with van der Waals surface area (Å²) in [6.07, 6.45) is 0. The molecule has 84 valence electrons. The fourth-order valence-electron chi connectivity index (χ4n) is 1.28.